The van der Waals surface area contributed by atoms with Gasteiger partial charge in [-0.3, -0.25) is 4.79 Å². The van der Waals surface area contributed by atoms with Gasteiger partial charge in [0.15, 0.2) is 0 Å². The minimum atomic E-state index is -0.663. The SMILES string of the molecule is COC(=O)/C(NC=O)=C(\Br)c1ccccc1Cl. The van der Waals surface area contributed by atoms with Crippen LogP contribution in [0.2, 0.25) is 5.02 Å². The fourth-order valence-electron chi connectivity index (χ4n) is 1.15. The Hall–Kier alpha value is -1.33. The number of methoxy groups -OCH3 is 1. The van der Waals surface area contributed by atoms with Crippen molar-refractivity contribution in [3.8, 4) is 0 Å². The second kappa shape index (κ2) is 6.42. The number of benzene rings is 1. The minimum Gasteiger partial charge on any atom is -0.464 e. The maximum Gasteiger partial charge on any atom is 0.355 e. The average molecular weight is 319 g/mol. The summed E-state index contributed by atoms with van der Waals surface area (Å²) in [6, 6.07) is 6.91. The average Bonchev–Trinajstić information content (AvgIpc) is 2.35. The van der Waals surface area contributed by atoms with Crippen LogP contribution in [0.25, 0.3) is 4.48 Å². The number of esters is 1. The molecule has 0 aromatic heterocycles. The first kappa shape index (κ1) is 13.7. The van der Waals surface area contributed by atoms with E-state index in [4.69, 9.17) is 11.6 Å². The van der Waals surface area contributed by atoms with Crippen LogP contribution in [-0.2, 0) is 14.3 Å². The molecule has 1 N–H and O–H groups in total. The minimum absolute atomic E-state index is 0.00407. The van der Waals surface area contributed by atoms with Gasteiger partial charge in [-0.15, -0.1) is 0 Å². The molecular formula is C11H9BrClNO3. The molecule has 0 radical (unpaired) electrons. The van der Waals surface area contributed by atoms with E-state index in [9.17, 15) is 9.59 Å². The second-order valence-corrected chi connectivity index (χ2v) is 4.12. The lowest BCUT2D eigenvalue weighted by Crippen LogP contribution is -2.21. The molecule has 0 heterocycles. The fourth-order valence-corrected chi connectivity index (χ4v) is 2.11. The first-order valence-electron chi connectivity index (χ1n) is 4.55. The lowest BCUT2D eigenvalue weighted by atomic mass is 10.2. The summed E-state index contributed by atoms with van der Waals surface area (Å²) in [5.74, 6) is -0.663. The van der Waals surface area contributed by atoms with Crippen LogP contribution in [0.4, 0.5) is 0 Å². The van der Waals surface area contributed by atoms with E-state index >= 15 is 0 Å². The fraction of sp³-hybridized carbons (Fsp3) is 0.0909. The Morgan fingerprint density at radius 1 is 1.47 bits per heavy atom. The summed E-state index contributed by atoms with van der Waals surface area (Å²) in [5, 5.41) is 2.73. The molecule has 0 aliphatic carbocycles. The van der Waals surface area contributed by atoms with E-state index in [1.807, 2.05) is 0 Å². The Bertz CT molecular complexity index is 474. The highest BCUT2D eigenvalue weighted by atomic mass is 79.9. The van der Waals surface area contributed by atoms with E-state index in [1.54, 1.807) is 24.3 Å². The Kier molecular flexibility index (Phi) is 5.18. The van der Waals surface area contributed by atoms with Gasteiger partial charge in [-0.05, 0) is 22.0 Å². The molecule has 0 saturated carbocycles. The zero-order valence-electron chi connectivity index (χ0n) is 8.87. The van der Waals surface area contributed by atoms with Gasteiger partial charge in [-0.25, -0.2) is 4.79 Å². The van der Waals surface area contributed by atoms with E-state index in [0.717, 1.165) is 0 Å². The Morgan fingerprint density at radius 3 is 2.65 bits per heavy atom. The zero-order chi connectivity index (χ0) is 12.8. The first-order valence-corrected chi connectivity index (χ1v) is 5.72. The number of carbonyl (C=O) groups is 2. The van der Waals surface area contributed by atoms with Crippen LogP contribution in [0.1, 0.15) is 5.56 Å². The lowest BCUT2D eigenvalue weighted by Gasteiger charge is -2.09. The number of carbonyl (C=O) groups excluding carboxylic acids is 2. The Balaban J connectivity index is 3.28. The van der Waals surface area contributed by atoms with Crippen LogP contribution >= 0.6 is 27.5 Å². The van der Waals surface area contributed by atoms with E-state index in [2.05, 4.69) is 26.0 Å². The molecule has 1 rings (SSSR count). The Morgan fingerprint density at radius 2 is 2.12 bits per heavy atom. The standard InChI is InChI=1S/C11H9BrClNO3/c1-17-11(16)10(14-6-15)9(12)7-4-2-3-5-8(7)13/h2-6H,1H3,(H,14,15)/b10-9+. The zero-order valence-corrected chi connectivity index (χ0v) is 11.2. The predicted octanol–water partition coefficient (Wildman–Crippen LogP) is 2.32. The van der Waals surface area contributed by atoms with Crippen molar-refractivity contribution in [3.63, 3.8) is 0 Å². The monoisotopic (exact) mass is 317 g/mol. The third-order valence-electron chi connectivity index (χ3n) is 1.92. The van der Waals surface area contributed by atoms with Gasteiger partial charge in [0.1, 0.15) is 5.70 Å². The summed E-state index contributed by atoms with van der Waals surface area (Å²) in [4.78, 5) is 21.9. The summed E-state index contributed by atoms with van der Waals surface area (Å²) < 4.78 is 4.92. The predicted molar refractivity (Wildman–Crippen MR) is 68.5 cm³/mol. The summed E-state index contributed by atoms with van der Waals surface area (Å²) in [7, 11) is 1.22. The van der Waals surface area contributed by atoms with Crippen LogP contribution in [0, 0.1) is 0 Å². The summed E-state index contributed by atoms with van der Waals surface area (Å²) in [6.07, 6.45) is 0.393. The molecule has 4 nitrogen and oxygen atoms in total. The molecule has 6 heteroatoms. The van der Waals surface area contributed by atoms with Gasteiger partial charge in [-0.1, -0.05) is 29.8 Å². The third-order valence-corrected chi connectivity index (χ3v) is 3.08. The molecule has 0 unspecified atom stereocenters. The van der Waals surface area contributed by atoms with Gasteiger partial charge in [0.25, 0.3) is 0 Å². The molecule has 0 atom stereocenters. The van der Waals surface area contributed by atoms with Crippen molar-refractivity contribution in [2.24, 2.45) is 0 Å². The van der Waals surface area contributed by atoms with Crippen LogP contribution in [0.5, 0.6) is 0 Å². The van der Waals surface area contributed by atoms with Crippen molar-refractivity contribution in [1.29, 1.82) is 0 Å². The highest BCUT2D eigenvalue weighted by Gasteiger charge is 2.16. The number of rotatable bonds is 4. The molecule has 1 amide bonds. The molecule has 0 aliphatic heterocycles. The Labute approximate surface area is 112 Å². The molecule has 0 saturated heterocycles. The van der Waals surface area contributed by atoms with Crippen LogP contribution in [-0.4, -0.2) is 19.5 Å². The van der Waals surface area contributed by atoms with Crippen molar-refractivity contribution in [2.45, 2.75) is 0 Å². The summed E-state index contributed by atoms with van der Waals surface area (Å²) >= 11 is 9.20. The lowest BCUT2D eigenvalue weighted by molar-refractivity contribution is -0.137. The number of halogens is 2. The number of hydrogen-bond acceptors (Lipinski definition) is 3. The number of nitrogens with one attached hydrogen (secondary N) is 1. The largest absolute Gasteiger partial charge is 0.464 e. The van der Waals surface area contributed by atoms with Crippen molar-refractivity contribution in [2.75, 3.05) is 7.11 Å². The van der Waals surface area contributed by atoms with Crippen LogP contribution < -0.4 is 5.32 Å². The number of amides is 1. The van der Waals surface area contributed by atoms with E-state index in [0.29, 0.717) is 21.5 Å². The molecule has 0 fully saturated rings. The van der Waals surface area contributed by atoms with Gasteiger partial charge in [0.2, 0.25) is 6.41 Å². The van der Waals surface area contributed by atoms with Crippen LogP contribution in [0.3, 0.4) is 0 Å². The molecule has 0 spiro atoms. The van der Waals surface area contributed by atoms with Gasteiger partial charge >= 0.3 is 5.97 Å². The van der Waals surface area contributed by atoms with Gasteiger partial charge in [0.05, 0.1) is 11.6 Å². The van der Waals surface area contributed by atoms with Crippen molar-refractivity contribution in [3.05, 3.63) is 40.5 Å². The topological polar surface area (TPSA) is 55.4 Å². The summed E-state index contributed by atoms with van der Waals surface area (Å²) in [6.45, 7) is 0. The number of hydrogen-bond donors (Lipinski definition) is 1. The molecule has 1 aromatic rings. The van der Waals surface area contributed by atoms with Crippen molar-refractivity contribution >= 4 is 44.4 Å². The van der Waals surface area contributed by atoms with Crippen LogP contribution in [0.15, 0.2) is 30.0 Å². The quantitative estimate of drug-likeness (QED) is 0.526. The maximum atomic E-state index is 11.5. The van der Waals surface area contributed by atoms with Gasteiger partial charge in [-0.2, -0.15) is 0 Å². The highest BCUT2D eigenvalue weighted by Crippen LogP contribution is 2.30. The molecule has 0 aliphatic rings. The van der Waals surface area contributed by atoms with Gasteiger partial charge in [0, 0.05) is 10.6 Å². The third kappa shape index (κ3) is 3.31. The van der Waals surface area contributed by atoms with E-state index in [1.165, 1.54) is 7.11 Å². The van der Waals surface area contributed by atoms with E-state index in [-0.39, 0.29) is 5.70 Å². The smallest absolute Gasteiger partial charge is 0.355 e. The second-order valence-electron chi connectivity index (χ2n) is 2.92. The van der Waals surface area contributed by atoms with E-state index < -0.39 is 5.97 Å². The maximum absolute atomic E-state index is 11.5. The first-order chi connectivity index (χ1) is 8.11. The number of ether oxygens (including phenoxy) is 1. The molecule has 1 aromatic carbocycles. The summed E-state index contributed by atoms with van der Waals surface area (Å²) in [5.41, 5.74) is 0.583. The van der Waals surface area contributed by atoms with Crippen molar-refractivity contribution in [1.82, 2.24) is 5.32 Å². The molecule has 90 valence electrons. The van der Waals surface area contributed by atoms with Crippen molar-refractivity contribution < 1.29 is 14.3 Å². The van der Waals surface area contributed by atoms with Gasteiger partial charge < -0.3 is 10.1 Å². The molecule has 0 bridgehead atoms. The molecule has 17 heavy (non-hydrogen) atoms. The highest BCUT2D eigenvalue weighted by molar-refractivity contribution is 9.15. The molecular weight excluding hydrogens is 309 g/mol. The normalized spacial score (nSPS) is 11.5.